The van der Waals surface area contributed by atoms with Gasteiger partial charge in [-0.1, -0.05) is 11.2 Å². The number of carbonyl (C=O) groups is 1. The Morgan fingerprint density at radius 2 is 2.06 bits per heavy atom. The van der Waals surface area contributed by atoms with Crippen LogP contribution in [0.25, 0.3) is 0 Å². The molecule has 94 valence electrons. The number of nitrogens with zero attached hydrogens (tertiary/aromatic N) is 1. The van der Waals surface area contributed by atoms with E-state index in [1.54, 1.807) is 32.9 Å². The topological polar surface area (TPSA) is 75.4 Å². The summed E-state index contributed by atoms with van der Waals surface area (Å²) in [7, 11) is 0. The maximum absolute atomic E-state index is 12.0. The second-order valence-electron chi connectivity index (χ2n) is 4.15. The molecule has 0 fully saturated rings. The minimum atomic E-state index is -0.297. The number of aryl methyl sites for hydroxylation is 3. The van der Waals surface area contributed by atoms with Gasteiger partial charge in [0.2, 0.25) is 0 Å². The number of aromatic hydroxyl groups is 1. The molecule has 2 aromatic rings. The van der Waals surface area contributed by atoms with E-state index in [2.05, 4.69) is 10.5 Å². The smallest absolute Gasteiger partial charge is 0.261 e. The van der Waals surface area contributed by atoms with Gasteiger partial charge in [-0.3, -0.25) is 4.79 Å². The summed E-state index contributed by atoms with van der Waals surface area (Å²) in [6.07, 6.45) is 0. The van der Waals surface area contributed by atoms with Gasteiger partial charge in [0.15, 0.2) is 0 Å². The SMILES string of the molecule is Cc1ccc(NC(=O)c2c(C)noc2C)cc1O. The van der Waals surface area contributed by atoms with Gasteiger partial charge in [0.25, 0.3) is 5.91 Å². The van der Waals surface area contributed by atoms with Crippen molar-refractivity contribution in [1.82, 2.24) is 5.16 Å². The van der Waals surface area contributed by atoms with Crippen molar-refractivity contribution in [3.63, 3.8) is 0 Å². The predicted molar refractivity (Wildman–Crippen MR) is 66.8 cm³/mol. The Morgan fingerprint density at radius 3 is 2.61 bits per heavy atom. The number of nitrogens with one attached hydrogen (secondary N) is 1. The van der Waals surface area contributed by atoms with E-state index in [1.807, 2.05) is 0 Å². The highest BCUT2D eigenvalue weighted by Crippen LogP contribution is 2.22. The summed E-state index contributed by atoms with van der Waals surface area (Å²) in [4.78, 5) is 12.0. The van der Waals surface area contributed by atoms with Crippen LogP contribution in [0.4, 0.5) is 5.69 Å². The van der Waals surface area contributed by atoms with Crippen LogP contribution < -0.4 is 5.32 Å². The summed E-state index contributed by atoms with van der Waals surface area (Å²) in [5.74, 6) is 0.322. The van der Waals surface area contributed by atoms with Crippen molar-refractivity contribution in [2.45, 2.75) is 20.8 Å². The highest BCUT2D eigenvalue weighted by atomic mass is 16.5. The maximum atomic E-state index is 12.0. The van der Waals surface area contributed by atoms with Crippen molar-refractivity contribution in [2.24, 2.45) is 0 Å². The van der Waals surface area contributed by atoms with Crippen molar-refractivity contribution < 1.29 is 14.4 Å². The van der Waals surface area contributed by atoms with Crippen molar-refractivity contribution in [3.8, 4) is 5.75 Å². The van der Waals surface area contributed by atoms with E-state index in [0.717, 1.165) is 5.56 Å². The lowest BCUT2D eigenvalue weighted by molar-refractivity contribution is 0.102. The minimum Gasteiger partial charge on any atom is -0.508 e. The van der Waals surface area contributed by atoms with E-state index < -0.39 is 0 Å². The van der Waals surface area contributed by atoms with Gasteiger partial charge < -0.3 is 14.9 Å². The van der Waals surface area contributed by atoms with Crippen LogP contribution in [0.1, 0.15) is 27.4 Å². The summed E-state index contributed by atoms with van der Waals surface area (Å²) < 4.78 is 4.94. The van der Waals surface area contributed by atoms with Gasteiger partial charge in [-0.25, -0.2) is 0 Å². The molecule has 0 radical (unpaired) electrons. The first-order chi connectivity index (χ1) is 8.49. The fraction of sp³-hybridized carbons (Fsp3) is 0.231. The molecular weight excluding hydrogens is 232 g/mol. The largest absolute Gasteiger partial charge is 0.508 e. The highest BCUT2D eigenvalue weighted by Gasteiger charge is 2.17. The minimum absolute atomic E-state index is 0.145. The number of amides is 1. The van der Waals surface area contributed by atoms with E-state index >= 15 is 0 Å². The summed E-state index contributed by atoms with van der Waals surface area (Å²) >= 11 is 0. The molecule has 0 aliphatic rings. The first kappa shape index (κ1) is 12.2. The number of benzene rings is 1. The third kappa shape index (κ3) is 2.20. The Labute approximate surface area is 104 Å². The van der Waals surface area contributed by atoms with Gasteiger partial charge in [-0.05, 0) is 32.4 Å². The molecule has 0 bridgehead atoms. The zero-order valence-corrected chi connectivity index (χ0v) is 10.4. The number of rotatable bonds is 2. The second kappa shape index (κ2) is 4.52. The van der Waals surface area contributed by atoms with Crippen LogP contribution >= 0.6 is 0 Å². The number of phenols is 1. The van der Waals surface area contributed by atoms with E-state index in [0.29, 0.717) is 22.7 Å². The molecule has 2 N–H and O–H groups in total. The lowest BCUT2D eigenvalue weighted by Crippen LogP contribution is -2.13. The highest BCUT2D eigenvalue weighted by molar-refractivity contribution is 6.05. The molecule has 0 spiro atoms. The first-order valence-electron chi connectivity index (χ1n) is 5.53. The molecule has 1 amide bonds. The van der Waals surface area contributed by atoms with Crippen LogP contribution in [-0.4, -0.2) is 16.2 Å². The third-order valence-corrected chi connectivity index (χ3v) is 2.73. The van der Waals surface area contributed by atoms with E-state index in [-0.39, 0.29) is 11.7 Å². The normalized spacial score (nSPS) is 10.4. The summed E-state index contributed by atoms with van der Waals surface area (Å²) in [5, 5.41) is 16.0. The van der Waals surface area contributed by atoms with Crippen LogP contribution in [0.15, 0.2) is 22.7 Å². The molecule has 0 unspecified atom stereocenters. The molecule has 0 saturated heterocycles. The third-order valence-electron chi connectivity index (χ3n) is 2.73. The number of anilines is 1. The van der Waals surface area contributed by atoms with Crippen molar-refractivity contribution >= 4 is 11.6 Å². The van der Waals surface area contributed by atoms with Crippen LogP contribution in [0, 0.1) is 20.8 Å². The van der Waals surface area contributed by atoms with Crippen LogP contribution in [0.2, 0.25) is 0 Å². The molecule has 0 aliphatic carbocycles. The molecule has 1 heterocycles. The molecule has 0 aliphatic heterocycles. The number of hydrogen-bond acceptors (Lipinski definition) is 4. The zero-order valence-electron chi connectivity index (χ0n) is 10.4. The van der Waals surface area contributed by atoms with E-state index in [9.17, 15) is 9.90 Å². The van der Waals surface area contributed by atoms with Gasteiger partial charge in [-0.15, -0.1) is 0 Å². The van der Waals surface area contributed by atoms with Gasteiger partial charge in [-0.2, -0.15) is 0 Å². The molecule has 0 atom stereocenters. The monoisotopic (exact) mass is 246 g/mol. The van der Waals surface area contributed by atoms with E-state index in [1.165, 1.54) is 6.07 Å². The summed E-state index contributed by atoms with van der Waals surface area (Å²) in [6.45, 7) is 5.18. The van der Waals surface area contributed by atoms with Crippen molar-refractivity contribution in [3.05, 3.63) is 40.8 Å². The summed E-state index contributed by atoms with van der Waals surface area (Å²) in [6, 6.07) is 4.97. The number of hydrogen-bond donors (Lipinski definition) is 2. The Bertz CT molecular complexity index is 583. The van der Waals surface area contributed by atoms with Crippen LogP contribution in [-0.2, 0) is 0 Å². The predicted octanol–water partition coefficient (Wildman–Crippen LogP) is 2.56. The molecule has 1 aromatic carbocycles. The molecule has 1 aromatic heterocycles. The Balaban J connectivity index is 2.24. The molecule has 2 rings (SSSR count). The number of carbonyl (C=O) groups excluding carboxylic acids is 1. The van der Waals surface area contributed by atoms with Gasteiger partial charge in [0.05, 0.1) is 5.69 Å². The van der Waals surface area contributed by atoms with Gasteiger partial charge in [0, 0.05) is 11.8 Å². The van der Waals surface area contributed by atoms with Crippen LogP contribution in [0.5, 0.6) is 5.75 Å². The van der Waals surface area contributed by atoms with Crippen LogP contribution in [0.3, 0.4) is 0 Å². The number of phenolic OH excluding ortho intramolecular Hbond substituents is 1. The molecule has 5 heteroatoms. The lowest BCUT2D eigenvalue weighted by atomic mass is 10.1. The number of aromatic nitrogens is 1. The Kier molecular flexibility index (Phi) is 3.06. The Morgan fingerprint density at radius 1 is 1.33 bits per heavy atom. The average Bonchev–Trinajstić information content (AvgIpc) is 2.64. The van der Waals surface area contributed by atoms with Gasteiger partial charge >= 0.3 is 0 Å². The standard InChI is InChI=1S/C13H14N2O3/c1-7-4-5-10(6-11(7)16)14-13(17)12-8(2)15-18-9(12)3/h4-6,16H,1-3H3,(H,14,17). The van der Waals surface area contributed by atoms with Crippen molar-refractivity contribution in [1.29, 1.82) is 0 Å². The Hall–Kier alpha value is -2.30. The fourth-order valence-corrected chi connectivity index (χ4v) is 1.69. The molecule has 5 nitrogen and oxygen atoms in total. The quantitative estimate of drug-likeness (QED) is 0.853. The molecular formula is C13H14N2O3. The molecule has 18 heavy (non-hydrogen) atoms. The first-order valence-corrected chi connectivity index (χ1v) is 5.53. The average molecular weight is 246 g/mol. The van der Waals surface area contributed by atoms with Gasteiger partial charge in [0.1, 0.15) is 17.1 Å². The van der Waals surface area contributed by atoms with Crippen molar-refractivity contribution in [2.75, 3.05) is 5.32 Å². The second-order valence-corrected chi connectivity index (χ2v) is 4.15. The fourth-order valence-electron chi connectivity index (χ4n) is 1.69. The summed E-state index contributed by atoms with van der Waals surface area (Å²) in [5.41, 5.74) is 2.25. The van der Waals surface area contributed by atoms with E-state index in [4.69, 9.17) is 4.52 Å². The maximum Gasteiger partial charge on any atom is 0.261 e. The molecule has 0 saturated carbocycles. The zero-order chi connectivity index (χ0) is 13.3. The lowest BCUT2D eigenvalue weighted by Gasteiger charge is -2.06.